The molecule has 10 heteroatoms. The van der Waals surface area contributed by atoms with Crippen LogP contribution in [0.5, 0.6) is 0 Å². The van der Waals surface area contributed by atoms with Crippen molar-refractivity contribution in [1.82, 2.24) is 19.5 Å². The number of rotatable bonds is 3. The zero-order valence-corrected chi connectivity index (χ0v) is 11.7. The summed E-state index contributed by atoms with van der Waals surface area (Å²) in [6.07, 6.45) is -0.0156. The molecule has 1 aliphatic rings. The molecule has 0 unspecified atom stereocenters. The molecule has 0 spiro atoms. The second-order valence-corrected chi connectivity index (χ2v) is 5.42. The van der Waals surface area contributed by atoms with Gasteiger partial charge in [-0.1, -0.05) is 0 Å². The van der Waals surface area contributed by atoms with Gasteiger partial charge in [0.2, 0.25) is 0 Å². The second-order valence-electron chi connectivity index (χ2n) is 5.42. The Morgan fingerprint density at radius 3 is 2.86 bits per heavy atom. The van der Waals surface area contributed by atoms with Gasteiger partial charge in [0.05, 0.1) is 18.8 Å². The minimum Gasteiger partial charge on any atom is -0.389 e. The Balaban J connectivity index is 1.76. The highest BCUT2D eigenvalue weighted by molar-refractivity contribution is 5.68. The summed E-state index contributed by atoms with van der Waals surface area (Å²) in [5.41, 5.74) is 11.8. The van der Waals surface area contributed by atoms with Crippen molar-refractivity contribution in [2.24, 2.45) is 11.5 Å². The number of aliphatic hydroxyl groups excluding tert-OH is 2. The van der Waals surface area contributed by atoms with Gasteiger partial charge in [0.15, 0.2) is 11.2 Å². The fraction of sp³-hybridized carbons (Fsp3) is 0.583. The summed E-state index contributed by atoms with van der Waals surface area (Å²) in [7, 11) is 0. The first-order valence-corrected chi connectivity index (χ1v) is 6.86. The number of fused-ring (bicyclic) bond motifs is 1. The van der Waals surface area contributed by atoms with Gasteiger partial charge in [0, 0.05) is 12.1 Å². The van der Waals surface area contributed by atoms with Crippen LogP contribution in [0.2, 0.25) is 0 Å². The van der Waals surface area contributed by atoms with Crippen molar-refractivity contribution < 1.29 is 14.9 Å². The van der Waals surface area contributed by atoms with Crippen molar-refractivity contribution in [2.75, 3.05) is 0 Å². The van der Waals surface area contributed by atoms with Crippen LogP contribution in [-0.4, -0.2) is 60.1 Å². The Morgan fingerprint density at radius 1 is 1.32 bits per heavy atom. The lowest BCUT2D eigenvalue weighted by Gasteiger charge is -2.39. The maximum absolute atomic E-state index is 11.6. The molecule has 0 aromatic carbocycles. The van der Waals surface area contributed by atoms with Gasteiger partial charge in [-0.05, 0) is 6.42 Å². The Kier molecular flexibility index (Phi) is 3.93. The number of imidazole rings is 1. The van der Waals surface area contributed by atoms with Crippen molar-refractivity contribution in [3.63, 3.8) is 0 Å². The molecule has 0 saturated heterocycles. The van der Waals surface area contributed by atoms with Gasteiger partial charge >= 0.3 is 0 Å². The number of hydrogen-bond acceptors (Lipinski definition) is 8. The number of ether oxygens (including phenoxy) is 1. The van der Waals surface area contributed by atoms with E-state index in [4.69, 9.17) is 16.2 Å². The normalized spacial score (nSPS) is 32.5. The van der Waals surface area contributed by atoms with Gasteiger partial charge in [-0.25, -0.2) is 9.97 Å². The standard InChI is InChI=1S/C12H18N6O4/c13-5-1-6(14)10(9(20)8(5)19)22-4-18-3-17-7-11(18)15-2-16-12(7)21/h2-3,5-6,8-10,19-20H,1,4,13-14H2,(H,15,16,21)/t5-,6+,8+,9-,10-/m0/s1. The van der Waals surface area contributed by atoms with Crippen LogP contribution in [0.15, 0.2) is 17.4 Å². The van der Waals surface area contributed by atoms with Gasteiger partial charge in [0.25, 0.3) is 5.56 Å². The van der Waals surface area contributed by atoms with Gasteiger partial charge in [-0.15, -0.1) is 0 Å². The zero-order chi connectivity index (χ0) is 15.9. The lowest BCUT2D eigenvalue weighted by Crippen LogP contribution is -2.62. The molecule has 1 saturated carbocycles. The predicted octanol–water partition coefficient (Wildman–Crippen LogP) is -2.76. The summed E-state index contributed by atoms with van der Waals surface area (Å²) in [6.45, 7) is -0.00959. The van der Waals surface area contributed by atoms with Crippen LogP contribution in [-0.2, 0) is 11.5 Å². The molecule has 10 nitrogen and oxygen atoms in total. The van der Waals surface area contributed by atoms with Crippen molar-refractivity contribution >= 4 is 11.2 Å². The molecule has 0 amide bonds. The first kappa shape index (κ1) is 15.1. The first-order chi connectivity index (χ1) is 10.5. The SMILES string of the molecule is N[C@@H]1C[C@H](N)[C@@H](O)[C@H](O)[C@H]1OCn1cnc2c(=O)[nH]cnc21. The molecule has 22 heavy (non-hydrogen) atoms. The van der Waals surface area contributed by atoms with E-state index in [1.807, 2.05) is 0 Å². The van der Waals surface area contributed by atoms with E-state index in [0.717, 1.165) is 0 Å². The molecule has 0 radical (unpaired) electrons. The minimum atomic E-state index is -1.18. The summed E-state index contributed by atoms with van der Waals surface area (Å²) in [5.74, 6) is 0. The molecule has 3 rings (SSSR count). The van der Waals surface area contributed by atoms with Crippen LogP contribution in [0.25, 0.3) is 11.2 Å². The number of H-pyrrole nitrogens is 1. The number of nitrogens with one attached hydrogen (secondary N) is 1. The molecule has 2 heterocycles. The van der Waals surface area contributed by atoms with E-state index >= 15 is 0 Å². The Morgan fingerprint density at radius 2 is 2.09 bits per heavy atom. The number of aliphatic hydroxyl groups is 2. The summed E-state index contributed by atoms with van der Waals surface area (Å²) in [6, 6.07) is -1.08. The third-order valence-corrected chi connectivity index (χ3v) is 3.91. The van der Waals surface area contributed by atoms with Crippen molar-refractivity contribution in [3.05, 3.63) is 23.0 Å². The molecule has 7 N–H and O–H groups in total. The van der Waals surface area contributed by atoms with Crippen molar-refractivity contribution in [3.8, 4) is 0 Å². The van der Waals surface area contributed by atoms with Crippen LogP contribution in [0.3, 0.4) is 0 Å². The molecule has 1 aliphatic carbocycles. The Labute approximate surface area is 124 Å². The fourth-order valence-corrected chi connectivity index (χ4v) is 2.66. The van der Waals surface area contributed by atoms with Crippen LogP contribution in [0.1, 0.15) is 6.42 Å². The van der Waals surface area contributed by atoms with E-state index in [0.29, 0.717) is 12.1 Å². The lowest BCUT2D eigenvalue weighted by molar-refractivity contribution is -0.141. The fourth-order valence-electron chi connectivity index (χ4n) is 2.66. The lowest BCUT2D eigenvalue weighted by atomic mass is 9.85. The van der Waals surface area contributed by atoms with Gasteiger partial charge in [0.1, 0.15) is 18.9 Å². The average Bonchev–Trinajstić information content (AvgIpc) is 2.90. The number of aromatic amines is 1. The summed E-state index contributed by atoms with van der Waals surface area (Å²) >= 11 is 0. The Bertz CT molecular complexity index is 715. The van der Waals surface area contributed by atoms with Gasteiger partial charge in [-0.2, -0.15) is 0 Å². The minimum absolute atomic E-state index is 0.00959. The van der Waals surface area contributed by atoms with Crippen molar-refractivity contribution in [1.29, 1.82) is 0 Å². The number of hydrogen-bond donors (Lipinski definition) is 5. The Hall–Kier alpha value is -1.85. The molecular formula is C12H18N6O4. The van der Waals surface area contributed by atoms with Crippen LogP contribution < -0.4 is 17.0 Å². The van der Waals surface area contributed by atoms with E-state index < -0.39 is 30.4 Å². The van der Waals surface area contributed by atoms with E-state index in [1.54, 1.807) is 0 Å². The second kappa shape index (κ2) is 5.74. The van der Waals surface area contributed by atoms with E-state index in [1.165, 1.54) is 17.2 Å². The zero-order valence-electron chi connectivity index (χ0n) is 11.7. The van der Waals surface area contributed by atoms with Crippen LogP contribution in [0.4, 0.5) is 0 Å². The van der Waals surface area contributed by atoms with E-state index in [9.17, 15) is 15.0 Å². The topological polar surface area (TPSA) is 165 Å². The molecule has 1 fully saturated rings. The third kappa shape index (κ3) is 2.51. The number of nitrogens with two attached hydrogens (primary N) is 2. The highest BCUT2D eigenvalue weighted by Crippen LogP contribution is 2.21. The molecule has 0 aliphatic heterocycles. The van der Waals surface area contributed by atoms with E-state index in [2.05, 4.69) is 15.0 Å². The molecule has 5 atom stereocenters. The average molecular weight is 310 g/mol. The molecular weight excluding hydrogens is 292 g/mol. The monoisotopic (exact) mass is 310 g/mol. The molecule has 2 aromatic heterocycles. The molecule has 120 valence electrons. The quantitative estimate of drug-likeness (QED) is 0.406. The highest BCUT2D eigenvalue weighted by atomic mass is 16.5. The van der Waals surface area contributed by atoms with Gasteiger partial charge < -0.3 is 31.4 Å². The maximum Gasteiger partial charge on any atom is 0.278 e. The van der Waals surface area contributed by atoms with Crippen molar-refractivity contribution in [2.45, 2.75) is 43.5 Å². The summed E-state index contributed by atoms with van der Waals surface area (Å²) < 4.78 is 7.12. The predicted molar refractivity (Wildman–Crippen MR) is 75.6 cm³/mol. The maximum atomic E-state index is 11.6. The highest BCUT2D eigenvalue weighted by Gasteiger charge is 2.41. The largest absolute Gasteiger partial charge is 0.389 e. The van der Waals surface area contributed by atoms with Crippen LogP contribution >= 0.6 is 0 Å². The molecule has 2 aromatic rings. The summed E-state index contributed by atoms with van der Waals surface area (Å²) in [5, 5.41) is 19.8. The number of nitrogens with zero attached hydrogens (tertiary/aromatic N) is 3. The van der Waals surface area contributed by atoms with Gasteiger partial charge in [-0.3, -0.25) is 9.36 Å². The number of aromatic nitrogens is 4. The smallest absolute Gasteiger partial charge is 0.278 e. The first-order valence-electron chi connectivity index (χ1n) is 6.86. The summed E-state index contributed by atoms with van der Waals surface area (Å²) in [4.78, 5) is 22.0. The van der Waals surface area contributed by atoms with E-state index in [-0.39, 0.29) is 17.8 Å². The molecule has 0 bridgehead atoms. The van der Waals surface area contributed by atoms with Crippen LogP contribution in [0, 0.1) is 0 Å². The third-order valence-electron chi connectivity index (χ3n) is 3.91.